The van der Waals surface area contributed by atoms with Gasteiger partial charge in [0.25, 0.3) is 5.91 Å². The zero-order chi connectivity index (χ0) is 28.4. The molecule has 4 N–H and O–H groups in total. The molecule has 0 aromatic rings. The predicted octanol–water partition coefficient (Wildman–Crippen LogP) is 3.43. The van der Waals surface area contributed by atoms with Crippen molar-refractivity contribution in [3.8, 4) is 0 Å². The van der Waals surface area contributed by atoms with Crippen molar-refractivity contribution in [1.29, 1.82) is 0 Å². The van der Waals surface area contributed by atoms with E-state index in [1.807, 2.05) is 17.7 Å². The highest BCUT2D eigenvalue weighted by atomic mass is 31.2. The molecule has 1 heterocycles. The molecule has 0 spiro atoms. The first kappa shape index (κ1) is 33.0. The Morgan fingerprint density at radius 1 is 1.16 bits per heavy atom. The second-order valence-corrected chi connectivity index (χ2v) is 9.73. The van der Waals surface area contributed by atoms with Gasteiger partial charge in [-0.2, -0.15) is 26.3 Å². The zero-order valence-electron chi connectivity index (χ0n) is 19.8. The average molecular weight is 576 g/mol. The number of nitrogens with one attached hydrogen (secondary N) is 2. The van der Waals surface area contributed by atoms with Crippen molar-refractivity contribution in [2.24, 2.45) is 5.73 Å². The fraction of sp³-hybridized carbons (Fsp3) is 0.778. The van der Waals surface area contributed by atoms with Crippen LogP contribution in [0.15, 0.2) is 11.5 Å². The number of alkyl halides is 6. The fourth-order valence-corrected chi connectivity index (χ4v) is 3.95. The molecule has 0 aromatic heterocycles. The van der Waals surface area contributed by atoms with Gasteiger partial charge in [-0.3, -0.25) is 28.1 Å². The minimum absolute atomic E-state index is 0.138. The number of hydroxylamine groups is 1. The molecule has 0 bridgehead atoms. The normalized spacial score (nSPS) is 18.2. The van der Waals surface area contributed by atoms with Crippen LogP contribution in [0.25, 0.3) is 0 Å². The second-order valence-electron chi connectivity index (χ2n) is 7.73. The lowest BCUT2D eigenvalue weighted by Crippen LogP contribution is -2.58. The highest BCUT2D eigenvalue weighted by Crippen LogP contribution is 2.50. The van der Waals surface area contributed by atoms with E-state index in [2.05, 4.69) is 9.05 Å². The van der Waals surface area contributed by atoms with Crippen molar-refractivity contribution in [2.45, 2.75) is 57.7 Å². The lowest BCUT2D eigenvalue weighted by molar-refractivity contribution is -0.166. The zero-order valence-corrected chi connectivity index (χ0v) is 20.7. The van der Waals surface area contributed by atoms with E-state index < -0.39 is 81.8 Å². The number of urea groups is 1. The predicted molar refractivity (Wildman–Crippen MR) is 112 cm³/mol. The Labute approximate surface area is 207 Å². The summed E-state index contributed by atoms with van der Waals surface area (Å²) in [6, 6.07) is -1.08. The van der Waals surface area contributed by atoms with Gasteiger partial charge in [0.1, 0.15) is 18.2 Å². The molecular weight excluding hydrogens is 548 g/mol. The Morgan fingerprint density at radius 3 is 2.24 bits per heavy atom. The second kappa shape index (κ2) is 14.2. The van der Waals surface area contributed by atoms with Crippen molar-refractivity contribution < 1.29 is 63.5 Å². The summed E-state index contributed by atoms with van der Waals surface area (Å²) in [7, 11) is -5.07. The lowest BCUT2D eigenvalue weighted by Gasteiger charge is -2.34. The molecule has 11 nitrogen and oxygen atoms in total. The summed E-state index contributed by atoms with van der Waals surface area (Å²) in [4.78, 5) is 29.9. The lowest BCUT2D eigenvalue weighted by atomic mass is 10.2. The summed E-state index contributed by atoms with van der Waals surface area (Å²) < 4.78 is 114. The van der Waals surface area contributed by atoms with Crippen molar-refractivity contribution in [1.82, 2.24) is 15.7 Å². The first-order valence-electron chi connectivity index (χ1n) is 10.8. The van der Waals surface area contributed by atoms with E-state index in [0.717, 1.165) is 12.8 Å². The minimum atomic E-state index is -5.07. The average Bonchev–Trinajstić information content (AvgIpc) is 2.79. The maximum Gasteiger partial charge on any atom is 0.412 e. The topological polar surface area (TPSA) is 141 Å². The Kier molecular flexibility index (Phi) is 12.7. The maximum absolute atomic E-state index is 14.6. The molecule has 0 saturated carbocycles. The van der Waals surface area contributed by atoms with Crippen LogP contribution in [0.2, 0.25) is 0 Å². The van der Waals surface area contributed by atoms with Crippen LogP contribution in [-0.4, -0.2) is 74.2 Å². The highest BCUT2D eigenvalue weighted by molar-refractivity contribution is 7.53. The van der Waals surface area contributed by atoms with Gasteiger partial charge in [-0.1, -0.05) is 19.8 Å². The molecule has 0 fully saturated rings. The van der Waals surface area contributed by atoms with Gasteiger partial charge in [-0.05, 0) is 13.3 Å². The van der Waals surface area contributed by atoms with Crippen LogP contribution in [0, 0.1) is 0 Å². The number of carbonyl (C=O) groups is 2. The van der Waals surface area contributed by atoms with Gasteiger partial charge < -0.3 is 15.8 Å². The van der Waals surface area contributed by atoms with E-state index in [-0.39, 0.29) is 6.61 Å². The molecule has 1 aliphatic rings. The summed E-state index contributed by atoms with van der Waals surface area (Å²) >= 11 is 0. The van der Waals surface area contributed by atoms with Gasteiger partial charge in [0.2, 0.25) is 0 Å². The monoisotopic (exact) mass is 576 g/mol. The van der Waals surface area contributed by atoms with Crippen LogP contribution in [0.5, 0.6) is 0 Å². The van der Waals surface area contributed by atoms with Crippen LogP contribution in [0.3, 0.4) is 0 Å². The van der Waals surface area contributed by atoms with Crippen molar-refractivity contribution in [3.63, 3.8) is 0 Å². The van der Waals surface area contributed by atoms with Crippen LogP contribution < -0.4 is 16.5 Å². The molecule has 2 atom stereocenters. The maximum atomic E-state index is 14.6. The summed E-state index contributed by atoms with van der Waals surface area (Å²) in [5, 5.41) is 1.96. The molecule has 1 unspecified atom stereocenters. The van der Waals surface area contributed by atoms with Crippen LogP contribution in [0.1, 0.15) is 33.1 Å². The molecule has 0 aromatic carbocycles. The Hall–Kier alpha value is -1.98. The van der Waals surface area contributed by atoms with Crippen LogP contribution in [0.4, 0.5) is 35.5 Å². The Morgan fingerprint density at radius 2 is 1.73 bits per heavy atom. The van der Waals surface area contributed by atoms with Crippen molar-refractivity contribution >= 4 is 19.5 Å². The molecule has 216 valence electrons. The van der Waals surface area contributed by atoms with Gasteiger partial charge >= 0.3 is 26.0 Å². The van der Waals surface area contributed by atoms with Crippen LogP contribution in [-0.2, 0) is 28.0 Å². The van der Waals surface area contributed by atoms with Gasteiger partial charge in [0.05, 0.1) is 19.3 Å². The van der Waals surface area contributed by atoms with Crippen molar-refractivity contribution in [2.75, 3.05) is 32.7 Å². The summed E-state index contributed by atoms with van der Waals surface area (Å²) in [5.74, 6) is -2.39. The third kappa shape index (κ3) is 12.4. The number of ether oxygens (including phenoxy) is 1. The number of rotatable bonds is 15. The fourth-order valence-electron chi connectivity index (χ4n) is 2.61. The first-order valence-corrected chi connectivity index (χ1v) is 12.5. The SMILES string of the molecule is CCCCCONC(=O)C1=C(F)C(N)N(C[C@@H](C)OCP(=O)(OCC(F)(F)F)OCC(F)(F)F)C(=O)N1. The number of hydrogen-bond donors (Lipinski definition) is 3. The molecular formula is C18H28F7N4O7P. The number of hydrogen-bond acceptors (Lipinski definition) is 8. The Bertz CT molecular complexity index is 835. The van der Waals surface area contributed by atoms with Gasteiger partial charge in [-0.15, -0.1) is 0 Å². The summed E-state index contributed by atoms with van der Waals surface area (Å²) in [6.07, 6.45) is -12.2. The minimum Gasteiger partial charge on any atom is -0.364 e. The third-order valence-corrected chi connectivity index (χ3v) is 5.90. The van der Waals surface area contributed by atoms with E-state index in [0.29, 0.717) is 11.3 Å². The molecule has 0 radical (unpaired) electrons. The molecule has 1 aliphatic heterocycles. The quantitative estimate of drug-likeness (QED) is 0.117. The molecule has 0 aliphatic carbocycles. The third-order valence-electron chi connectivity index (χ3n) is 4.39. The van der Waals surface area contributed by atoms with E-state index in [1.165, 1.54) is 6.92 Å². The number of amides is 3. The number of unbranched alkanes of at least 4 members (excludes halogenated alkanes) is 2. The van der Waals surface area contributed by atoms with Gasteiger partial charge in [0, 0.05) is 0 Å². The molecule has 19 heteroatoms. The van der Waals surface area contributed by atoms with Gasteiger partial charge in [-0.25, -0.2) is 14.7 Å². The van der Waals surface area contributed by atoms with E-state index in [1.54, 1.807) is 0 Å². The van der Waals surface area contributed by atoms with Crippen molar-refractivity contribution in [3.05, 3.63) is 11.5 Å². The van der Waals surface area contributed by atoms with E-state index >= 15 is 0 Å². The molecule has 3 amide bonds. The van der Waals surface area contributed by atoms with Gasteiger partial charge in [0.15, 0.2) is 19.0 Å². The van der Waals surface area contributed by atoms with Crippen LogP contribution >= 0.6 is 7.60 Å². The smallest absolute Gasteiger partial charge is 0.364 e. The Balaban J connectivity index is 2.77. The number of nitrogens with zero attached hydrogens (tertiary/aromatic N) is 1. The number of halogens is 7. The highest BCUT2D eigenvalue weighted by Gasteiger charge is 2.40. The first-order chi connectivity index (χ1) is 17.0. The van der Waals surface area contributed by atoms with E-state index in [4.69, 9.17) is 15.3 Å². The number of carbonyl (C=O) groups excluding carboxylic acids is 2. The summed E-state index contributed by atoms with van der Waals surface area (Å²) in [5.41, 5.74) is 6.79. The molecule has 37 heavy (non-hydrogen) atoms. The number of nitrogens with two attached hydrogens (primary N) is 1. The molecule has 1 rings (SSSR count). The summed E-state index contributed by atoms with van der Waals surface area (Å²) in [6.45, 7) is -1.69. The standard InChI is InChI=1S/C18H28F7N4O7P/c1-3-4-5-6-34-28-15(30)13-12(19)14(26)29(16(31)27-13)7-11(2)33-10-37(32,35-8-17(20,21)22)36-9-18(23,24)25/h11,14H,3-10,26H2,1-2H3,(H,27,31)(H,28,30)/t11-,14?/m1/s1. The van der Waals surface area contributed by atoms with E-state index in [9.17, 15) is 44.9 Å². The molecule has 0 saturated heterocycles. The largest absolute Gasteiger partial charge is 0.412 e.